The van der Waals surface area contributed by atoms with E-state index >= 15 is 0 Å². The zero-order chi connectivity index (χ0) is 24.1. The van der Waals surface area contributed by atoms with Crippen LogP contribution >= 0.6 is 11.8 Å². The molecule has 5 aromatic rings. The molecule has 0 aromatic heterocycles. The maximum atomic E-state index is 2.58. The summed E-state index contributed by atoms with van der Waals surface area (Å²) in [5, 5.41) is 5.97. The summed E-state index contributed by atoms with van der Waals surface area (Å²) in [6.45, 7) is 0. The number of benzene rings is 5. The molecule has 2 unspecified atom stereocenters. The van der Waals surface area contributed by atoms with Crippen LogP contribution in [0.3, 0.4) is 0 Å². The van der Waals surface area contributed by atoms with E-state index in [4.69, 9.17) is 0 Å². The Morgan fingerprint density at radius 3 is 1.73 bits per heavy atom. The van der Waals surface area contributed by atoms with Gasteiger partial charge in [0.2, 0.25) is 0 Å². The monoisotopic (exact) mass is 490 g/mol. The van der Waals surface area contributed by atoms with Crippen molar-refractivity contribution in [2.75, 3.05) is 0 Å². The molecule has 37 heavy (non-hydrogen) atoms. The highest BCUT2D eigenvalue weighted by Crippen LogP contribution is 2.54. The number of hydrogen-bond acceptors (Lipinski definition) is 1. The molecule has 1 heteroatoms. The van der Waals surface area contributed by atoms with Crippen molar-refractivity contribution in [2.45, 2.75) is 41.7 Å². The van der Waals surface area contributed by atoms with E-state index < -0.39 is 0 Å². The fourth-order valence-corrected chi connectivity index (χ4v) is 8.48. The molecule has 1 saturated carbocycles. The van der Waals surface area contributed by atoms with Gasteiger partial charge in [-0.05, 0) is 109 Å². The van der Waals surface area contributed by atoms with Crippen molar-refractivity contribution < 1.29 is 0 Å². The molecular formula is C36H26S. The highest BCUT2D eigenvalue weighted by Gasteiger charge is 2.36. The molecule has 176 valence electrons. The average molecular weight is 491 g/mol. The summed E-state index contributed by atoms with van der Waals surface area (Å²) < 4.78 is 0. The van der Waals surface area contributed by atoms with Crippen LogP contribution in [0.1, 0.15) is 35.4 Å². The third-order valence-electron chi connectivity index (χ3n) is 9.19. The van der Waals surface area contributed by atoms with E-state index in [1.165, 1.54) is 91.1 Å². The van der Waals surface area contributed by atoms with E-state index in [0.717, 1.165) is 0 Å². The van der Waals surface area contributed by atoms with Gasteiger partial charge in [-0.25, -0.2) is 0 Å². The van der Waals surface area contributed by atoms with Crippen LogP contribution in [0.4, 0.5) is 0 Å². The van der Waals surface area contributed by atoms with Gasteiger partial charge < -0.3 is 0 Å². The van der Waals surface area contributed by atoms with E-state index in [1.54, 1.807) is 11.1 Å². The third kappa shape index (κ3) is 2.87. The normalized spacial score (nSPS) is 20.8. The quantitative estimate of drug-likeness (QED) is 0.222. The topological polar surface area (TPSA) is 0 Å². The summed E-state index contributed by atoms with van der Waals surface area (Å²) in [6.07, 6.45) is 10.1. The predicted molar refractivity (Wildman–Crippen MR) is 158 cm³/mol. The van der Waals surface area contributed by atoms with Crippen molar-refractivity contribution in [1.29, 1.82) is 0 Å². The van der Waals surface area contributed by atoms with Crippen molar-refractivity contribution >= 4 is 33.3 Å². The van der Waals surface area contributed by atoms with Crippen molar-refractivity contribution in [3.8, 4) is 22.3 Å². The molecule has 1 heterocycles. The van der Waals surface area contributed by atoms with Crippen LogP contribution < -0.4 is 0 Å². The summed E-state index contributed by atoms with van der Waals surface area (Å²) >= 11 is 2.06. The lowest BCUT2D eigenvalue weighted by Crippen LogP contribution is -2.17. The summed E-state index contributed by atoms with van der Waals surface area (Å²) in [5.41, 5.74) is 13.2. The lowest BCUT2D eigenvalue weighted by molar-refractivity contribution is 0.744. The Morgan fingerprint density at radius 2 is 1.14 bits per heavy atom. The van der Waals surface area contributed by atoms with E-state index in [9.17, 15) is 0 Å². The molecule has 9 rings (SSSR count). The maximum Gasteiger partial charge on any atom is 0.0384 e. The molecule has 0 radical (unpaired) electrons. The molecule has 4 aliphatic rings. The van der Waals surface area contributed by atoms with E-state index in [-0.39, 0.29) is 0 Å². The second-order valence-electron chi connectivity index (χ2n) is 11.1. The van der Waals surface area contributed by atoms with E-state index in [2.05, 4.69) is 109 Å². The third-order valence-corrected chi connectivity index (χ3v) is 10.5. The first-order valence-corrected chi connectivity index (χ1v) is 14.5. The molecule has 0 N–H and O–H groups in total. The Morgan fingerprint density at radius 1 is 0.541 bits per heavy atom. The van der Waals surface area contributed by atoms with Crippen LogP contribution in [0.25, 0.3) is 43.8 Å². The van der Waals surface area contributed by atoms with E-state index in [0.29, 0.717) is 11.2 Å². The van der Waals surface area contributed by atoms with Gasteiger partial charge in [-0.3, -0.25) is 0 Å². The summed E-state index contributed by atoms with van der Waals surface area (Å²) in [5.74, 6) is 0.512. The first kappa shape index (κ1) is 20.5. The first-order valence-electron chi connectivity index (χ1n) is 13.6. The van der Waals surface area contributed by atoms with Gasteiger partial charge in [0.05, 0.1) is 0 Å². The highest BCUT2D eigenvalue weighted by atomic mass is 32.2. The Balaban J connectivity index is 1.30. The fourth-order valence-electron chi connectivity index (χ4n) is 7.10. The minimum absolute atomic E-state index is 0.512. The number of allylic oxidation sites excluding steroid dienone is 3. The number of rotatable bonds is 2. The molecule has 0 saturated heterocycles. The SMILES string of the molecule is C1=C2CCC2=CC2c3cc(-c4c5ccccc5c(-c5ccc6c(c5)CC6)c5ccccc45)ccc3SC12. The Kier molecular flexibility index (Phi) is 4.15. The Bertz CT molecular complexity index is 1810. The van der Waals surface area contributed by atoms with Gasteiger partial charge in [0.1, 0.15) is 0 Å². The standard InChI is InChI=1S/C36H26S/c1-3-7-29-27(5-1)35(25-14-10-21-9-11-22(21)17-25)28-6-2-4-8-30(28)36(29)26-15-16-33-31(19-26)32-18-23-12-13-24(23)20-34(32)37-33/h1-8,10,14-20,32,34H,9,11-13H2. The summed E-state index contributed by atoms with van der Waals surface area (Å²) in [6, 6.07) is 32.5. The second kappa shape index (κ2) is 7.49. The Hall–Kier alpha value is -3.55. The molecule has 0 amide bonds. The summed E-state index contributed by atoms with van der Waals surface area (Å²) in [7, 11) is 0. The number of thioether (sulfide) groups is 1. The zero-order valence-corrected chi connectivity index (χ0v) is 21.4. The van der Waals surface area contributed by atoms with Crippen LogP contribution in [0.5, 0.6) is 0 Å². The molecule has 3 aliphatic carbocycles. The van der Waals surface area contributed by atoms with Gasteiger partial charge >= 0.3 is 0 Å². The minimum atomic E-state index is 0.512. The van der Waals surface area contributed by atoms with Gasteiger partial charge in [-0.15, -0.1) is 11.8 Å². The van der Waals surface area contributed by atoms with Gasteiger partial charge in [0.15, 0.2) is 0 Å². The lowest BCUT2D eigenvalue weighted by atomic mass is 9.76. The van der Waals surface area contributed by atoms with Crippen molar-refractivity contribution in [1.82, 2.24) is 0 Å². The van der Waals surface area contributed by atoms with Crippen LogP contribution in [0, 0.1) is 0 Å². The number of aryl methyl sites for hydroxylation is 2. The zero-order valence-electron chi connectivity index (χ0n) is 20.6. The fraction of sp³-hybridized carbons (Fsp3) is 0.167. The lowest BCUT2D eigenvalue weighted by Gasteiger charge is -2.30. The van der Waals surface area contributed by atoms with Crippen LogP contribution in [-0.2, 0) is 12.8 Å². The van der Waals surface area contributed by atoms with Crippen LogP contribution in [0.15, 0.2) is 113 Å². The molecular weight excluding hydrogens is 464 g/mol. The first-order chi connectivity index (χ1) is 18.3. The molecule has 0 bridgehead atoms. The van der Waals surface area contributed by atoms with Crippen molar-refractivity contribution in [3.05, 3.63) is 125 Å². The number of hydrogen-bond donors (Lipinski definition) is 0. The smallest absolute Gasteiger partial charge is 0.0384 e. The Labute approximate surface area is 221 Å². The van der Waals surface area contributed by atoms with E-state index in [1.807, 2.05) is 0 Å². The minimum Gasteiger partial charge on any atom is -0.117 e. The van der Waals surface area contributed by atoms with Crippen LogP contribution in [0.2, 0.25) is 0 Å². The number of fused-ring (bicyclic) bond motifs is 7. The van der Waals surface area contributed by atoms with Gasteiger partial charge in [-0.1, -0.05) is 84.9 Å². The van der Waals surface area contributed by atoms with Gasteiger partial charge in [-0.2, -0.15) is 0 Å². The largest absolute Gasteiger partial charge is 0.117 e. The highest BCUT2D eigenvalue weighted by molar-refractivity contribution is 8.00. The van der Waals surface area contributed by atoms with Gasteiger partial charge in [0.25, 0.3) is 0 Å². The molecule has 1 fully saturated rings. The summed E-state index contributed by atoms with van der Waals surface area (Å²) in [4.78, 5) is 1.46. The van der Waals surface area contributed by atoms with Crippen molar-refractivity contribution in [2.24, 2.45) is 0 Å². The van der Waals surface area contributed by atoms with Crippen LogP contribution in [-0.4, -0.2) is 5.25 Å². The molecule has 0 spiro atoms. The molecule has 5 aromatic carbocycles. The molecule has 2 atom stereocenters. The van der Waals surface area contributed by atoms with Gasteiger partial charge in [0, 0.05) is 16.1 Å². The maximum absolute atomic E-state index is 2.58. The predicted octanol–water partition coefficient (Wildman–Crippen LogP) is 9.64. The average Bonchev–Trinajstić information content (AvgIpc) is 3.26. The second-order valence-corrected chi connectivity index (χ2v) is 12.3. The molecule has 1 aliphatic heterocycles. The van der Waals surface area contributed by atoms with Crippen molar-refractivity contribution in [3.63, 3.8) is 0 Å². The molecule has 0 nitrogen and oxygen atoms in total.